The van der Waals surface area contributed by atoms with Gasteiger partial charge in [0.2, 0.25) is 5.91 Å². The van der Waals surface area contributed by atoms with Crippen molar-refractivity contribution in [2.45, 2.75) is 33.4 Å². The van der Waals surface area contributed by atoms with Crippen LogP contribution >= 0.6 is 0 Å². The van der Waals surface area contributed by atoms with Crippen LogP contribution in [-0.2, 0) is 11.3 Å². The molecule has 1 atom stereocenters. The molecule has 1 N–H and O–H groups in total. The first-order valence-corrected chi connectivity index (χ1v) is 9.10. The van der Waals surface area contributed by atoms with Crippen LogP contribution in [0.2, 0.25) is 0 Å². The van der Waals surface area contributed by atoms with E-state index in [1.54, 1.807) is 0 Å². The highest BCUT2D eigenvalue weighted by molar-refractivity contribution is 5.84. The number of benzene rings is 1. The van der Waals surface area contributed by atoms with E-state index in [0.29, 0.717) is 13.1 Å². The van der Waals surface area contributed by atoms with Crippen LogP contribution in [0.1, 0.15) is 34.4 Å². The third-order valence-corrected chi connectivity index (χ3v) is 4.98. The predicted octanol–water partition coefficient (Wildman–Crippen LogP) is 2.46. The lowest BCUT2D eigenvalue weighted by Gasteiger charge is -2.34. The van der Waals surface area contributed by atoms with Crippen LogP contribution in [0, 0.1) is 20.8 Å². The average molecular weight is 365 g/mol. The molecule has 1 aliphatic rings. The fourth-order valence-corrected chi connectivity index (χ4v) is 3.77. The van der Waals surface area contributed by atoms with E-state index < -0.39 is 6.04 Å². The van der Waals surface area contributed by atoms with Gasteiger partial charge in [0, 0.05) is 37.0 Å². The third kappa shape index (κ3) is 3.26. The van der Waals surface area contributed by atoms with Gasteiger partial charge in [0.1, 0.15) is 11.8 Å². The molecule has 1 aromatic carbocycles. The van der Waals surface area contributed by atoms with Crippen LogP contribution in [0.25, 0.3) is 5.69 Å². The number of hydrogen-bond donors (Lipinski definition) is 1. The summed E-state index contributed by atoms with van der Waals surface area (Å²) in [6.07, 6.45) is 0. The van der Waals surface area contributed by atoms with E-state index in [2.05, 4.69) is 15.4 Å². The zero-order chi connectivity index (χ0) is 19.0. The van der Waals surface area contributed by atoms with E-state index in [9.17, 15) is 4.79 Å². The highest BCUT2D eigenvalue weighted by atomic mass is 16.5. The maximum Gasteiger partial charge on any atom is 0.242 e. The second-order valence-electron chi connectivity index (χ2n) is 6.92. The van der Waals surface area contributed by atoms with Gasteiger partial charge in [-0.3, -0.25) is 9.69 Å². The fraction of sp³-hybridized carbons (Fsp3) is 0.350. The molecule has 27 heavy (non-hydrogen) atoms. The summed E-state index contributed by atoms with van der Waals surface area (Å²) in [5.74, 6) is 0.771. The summed E-state index contributed by atoms with van der Waals surface area (Å²) in [5, 5.41) is 11.8. The van der Waals surface area contributed by atoms with Gasteiger partial charge in [-0.1, -0.05) is 23.4 Å². The Morgan fingerprint density at radius 3 is 2.70 bits per heavy atom. The molecule has 3 aromatic rings. The van der Waals surface area contributed by atoms with Crippen molar-refractivity contribution in [3.8, 4) is 5.69 Å². The van der Waals surface area contributed by atoms with Crippen molar-refractivity contribution in [2.75, 3.05) is 13.1 Å². The zero-order valence-electron chi connectivity index (χ0n) is 15.8. The van der Waals surface area contributed by atoms with Gasteiger partial charge in [-0.25, -0.2) is 4.68 Å². The Morgan fingerprint density at radius 1 is 1.22 bits per heavy atom. The standard InChI is InChI=1S/C20H23N5O2/c1-13-11-16(23-27-13)12-24-10-9-21-20(26)19(24)18-14(2)22-25(15(18)3)17-7-5-4-6-8-17/h4-8,11,19H,9-10,12H2,1-3H3,(H,21,26)/t19-/m0/s1. The van der Waals surface area contributed by atoms with Gasteiger partial charge in [-0.15, -0.1) is 0 Å². The van der Waals surface area contributed by atoms with Crippen molar-refractivity contribution in [3.05, 3.63) is 64.8 Å². The third-order valence-electron chi connectivity index (χ3n) is 4.98. The molecular weight excluding hydrogens is 342 g/mol. The van der Waals surface area contributed by atoms with Crippen molar-refractivity contribution in [1.29, 1.82) is 0 Å². The number of nitrogens with zero attached hydrogens (tertiary/aromatic N) is 4. The Labute approximate surface area is 158 Å². The van der Waals surface area contributed by atoms with Gasteiger partial charge in [-0.05, 0) is 32.9 Å². The lowest BCUT2D eigenvalue weighted by Crippen LogP contribution is -2.49. The maximum atomic E-state index is 12.8. The highest BCUT2D eigenvalue weighted by Crippen LogP contribution is 2.31. The summed E-state index contributed by atoms with van der Waals surface area (Å²) in [5.41, 5.74) is 4.61. The molecule has 0 radical (unpaired) electrons. The summed E-state index contributed by atoms with van der Waals surface area (Å²) in [7, 11) is 0. The molecule has 4 rings (SSSR count). The summed E-state index contributed by atoms with van der Waals surface area (Å²) < 4.78 is 7.10. The molecule has 3 heterocycles. The second kappa shape index (κ2) is 7.00. The predicted molar refractivity (Wildman–Crippen MR) is 100 cm³/mol. The number of nitrogens with one attached hydrogen (secondary N) is 1. The average Bonchev–Trinajstić information content (AvgIpc) is 3.19. The summed E-state index contributed by atoms with van der Waals surface area (Å²) in [4.78, 5) is 15.0. The van der Waals surface area contributed by atoms with Crippen molar-refractivity contribution >= 4 is 5.91 Å². The molecule has 0 spiro atoms. The molecule has 2 aromatic heterocycles. The molecule has 0 saturated carbocycles. The first kappa shape index (κ1) is 17.5. The second-order valence-corrected chi connectivity index (χ2v) is 6.92. The Bertz CT molecular complexity index is 960. The van der Waals surface area contributed by atoms with Gasteiger partial charge < -0.3 is 9.84 Å². The quantitative estimate of drug-likeness (QED) is 0.769. The Morgan fingerprint density at radius 2 is 2.00 bits per heavy atom. The van der Waals surface area contributed by atoms with E-state index in [1.165, 1.54) is 0 Å². The number of para-hydroxylation sites is 1. The van der Waals surface area contributed by atoms with Crippen LogP contribution in [0.5, 0.6) is 0 Å². The molecule has 0 aliphatic carbocycles. The summed E-state index contributed by atoms with van der Waals surface area (Å²) in [6, 6.07) is 11.5. The van der Waals surface area contributed by atoms with Gasteiger partial charge >= 0.3 is 0 Å². The molecule has 1 aliphatic heterocycles. The van der Waals surface area contributed by atoms with Crippen LogP contribution in [-0.4, -0.2) is 38.8 Å². The lowest BCUT2D eigenvalue weighted by atomic mass is 10.00. The number of piperazine rings is 1. The van der Waals surface area contributed by atoms with Gasteiger partial charge in [0.05, 0.1) is 17.1 Å². The number of carbonyl (C=O) groups excluding carboxylic acids is 1. The Kier molecular flexibility index (Phi) is 4.53. The molecule has 7 nitrogen and oxygen atoms in total. The summed E-state index contributed by atoms with van der Waals surface area (Å²) >= 11 is 0. The summed E-state index contributed by atoms with van der Waals surface area (Å²) in [6.45, 7) is 7.78. The molecule has 1 fully saturated rings. The smallest absolute Gasteiger partial charge is 0.242 e. The monoisotopic (exact) mass is 365 g/mol. The van der Waals surface area contributed by atoms with E-state index in [4.69, 9.17) is 9.62 Å². The van der Waals surface area contributed by atoms with Crippen LogP contribution in [0.4, 0.5) is 0 Å². The first-order valence-electron chi connectivity index (χ1n) is 9.10. The van der Waals surface area contributed by atoms with E-state index in [1.807, 2.05) is 61.9 Å². The van der Waals surface area contributed by atoms with Gasteiger partial charge in [-0.2, -0.15) is 5.10 Å². The van der Waals surface area contributed by atoms with Gasteiger partial charge in [0.15, 0.2) is 0 Å². The topological polar surface area (TPSA) is 76.2 Å². The molecule has 0 unspecified atom stereocenters. The number of amides is 1. The number of aryl methyl sites for hydroxylation is 2. The molecule has 7 heteroatoms. The van der Waals surface area contributed by atoms with Crippen molar-refractivity contribution in [2.24, 2.45) is 0 Å². The zero-order valence-corrected chi connectivity index (χ0v) is 15.8. The van der Waals surface area contributed by atoms with Crippen molar-refractivity contribution in [3.63, 3.8) is 0 Å². The molecule has 0 bridgehead atoms. The minimum absolute atomic E-state index is 0.000258. The minimum Gasteiger partial charge on any atom is -0.361 e. The highest BCUT2D eigenvalue weighted by Gasteiger charge is 2.35. The van der Waals surface area contributed by atoms with Crippen molar-refractivity contribution < 1.29 is 9.32 Å². The maximum absolute atomic E-state index is 12.8. The minimum atomic E-state index is -0.395. The molecule has 140 valence electrons. The fourth-order valence-electron chi connectivity index (χ4n) is 3.77. The van der Waals surface area contributed by atoms with E-state index in [-0.39, 0.29) is 5.91 Å². The molecule has 1 saturated heterocycles. The molecule has 1 amide bonds. The number of carbonyl (C=O) groups is 1. The first-order chi connectivity index (χ1) is 13.0. The van der Waals surface area contributed by atoms with E-state index in [0.717, 1.165) is 40.6 Å². The largest absolute Gasteiger partial charge is 0.361 e. The number of hydrogen-bond acceptors (Lipinski definition) is 5. The Balaban J connectivity index is 1.72. The lowest BCUT2D eigenvalue weighted by molar-refractivity contribution is -0.129. The van der Waals surface area contributed by atoms with Crippen molar-refractivity contribution in [1.82, 2.24) is 25.2 Å². The number of rotatable bonds is 4. The SMILES string of the molecule is Cc1cc(CN2CCNC(=O)[C@@H]2c2c(C)nn(-c3ccccc3)c2C)no1. The van der Waals surface area contributed by atoms with Gasteiger partial charge in [0.25, 0.3) is 0 Å². The van der Waals surface area contributed by atoms with Crippen LogP contribution < -0.4 is 5.32 Å². The Hall–Kier alpha value is -2.93. The molecular formula is C20H23N5O2. The normalized spacial score (nSPS) is 17.9. The van der Waals surface area contributed by atoms with E-state index >= 15 is 0 Å². The number of aromatic nitrogens is 3. The van der Waals surface area contributed by atoms with Crippen LogP contribution in [0.15, 0.2) is 40.9 Å². The van der Waals surface area contributed by atoms with Crippen LogP contribution in [0.3, 0.4) is 0 Å².